The highest BCUT2D eigenvalue weighted by Gasteiger charge is 2.36. The number of hydrogen-bond donors (Lipinski definition) is 2. The predicted octanol–water partition coefficient (Wildman–Crippen LogP) is 2.12. The summed E-state index contributed by atoms with van der Waals surface area (Å²) in [5.74, 6) is -0.139. The number of benzene rings is 2. The number of methoxy groups -OCH3 is 2. The van der Waals surface area contributed by atoms with E-state index in [9.17, 15) is 9.59 Å². The van der Waals surface area contributed by atoms with Gasteiger partial charge in [-0.2, -0.15) is 5.43 Å². The number of hydrazine groups is 1. The van der Waals surface area contributed by atoms with Crippen LogP contribution in [0.3, 0.4) is 0 Å². The molecule has 2 aromatic rings. The summed E-state index contributed by atoms with van der Waals surface area (Å²) in [6.45, 7) is 1.94. The Hall–Kier alpha value is -3.06. The van der Waals surface area contributed by atoms with Gasteiger partial charge in [0.2, 0.25) is 0 Å². The minimum absolute atomic E-state index is 0.281. The number of rotatable bonds is 5. The fourth-order valence-electron chi connectivity index (χ4n) is 2.62. The van der Waals surface area contributed by atoms with Gasteiger partial charge in [-0.1, -0.05) is 17.7 Å². The second kappa shape index (κ2) is 6.82. The largest absolute Gasteiger partial charge is 0.493 e. The molecular formula is C18H18N2O5. The third-order valence-corrected chi connectivity index (χ3v) is 3.92. The van der Waals surface area contributed by atoms with Gasteiger partial charge in [0, 0.05) is 11.1 Å². The summed E-state index contributed by atoms with van der Waals surface area (Å²) in [4.78, 5) is 24.3. The van der Waals surface area contributed by atoms with Gasteiger partial charge >= 0.3 is 5.97 Å². The lowest BCUT2D eigenvalue weighted by molar-refractivity contribution is 0.0260. The Kier molecular flexibility index (Phi) is 4.58. The van der Waals surface area contributed by atoms with Crippen molar-refractivity contribution in [3.05, 3.63) is 58.7 Å². The summed E-state index contributed by atoms with van der Waals surface area (Å²) >= 11 is 0. The molecule has 0 saturated carbocycles. The lowest BCUT2D eigenvalue weighted by Crippen LogP contribution is -2.40. The first-order valence-electron chi connectivity index (χ1n) is 7.63. The second-order valence-electron chi connectivity index (χ2n) is 5.52. The molecule has 0 aromatic heterocycles. The van der Waals surface area contributed by atoms with Crippen molar-refractivity contribution >= 4 is 11.9 Å². The molecule has 7 heteroatoms. The molecule has 1 aliphatic heterocycles. The number of ether oxygens (including phenoxy) is 3. The van der Waals surface area contributed by atoms with Gasteiger partial charge in [-0.25, -0.2) is 4.79 Å². The van der Waals surface area contributed by atoms with Crippen molar-refractivity contribution in [3.8, 4) is 11.5 Å². The fourth-order valence-corrected chi connectivity index (χ4v) is 2.62. The molecule has 1 heterocycles. The van der Waals surface area contributed by atoms with E-state index in [1.807, 2.05) is 19.1 Å². The Balaban J connectivity index is 1.77. The molecule has 3 rings (SSSR count). The molecule has 1 amide bonds. The van der Waals surface area contributed by atoms with E-state index in [0.29, 0.717) is 22.6 Å². The molecule has 0 radical (unpaired) electrons. The van der Waals surface area contributed by atoms with Crippen molar-refractivity contribution in [1.82, 2.24) is 10.9 Å². The third kappa shape index (κ3) is 3.14. The van der Waals surface area contributed by atoms with E-state index in [0.717, 1.165) is 5.56 Å². The highest BCUT2D eigenvalue weighted by atomic mass is 16.6. The number of esters is 1. The van der Waals surface area contributed by atoms with Crippen molar-refractivity contribution in [1.29, 1.82) is 0 Å². The molecule has 0 spiro atoms. The Morgan fingerprint density at radius 3 is 2.44 bits per heavy atom. The molecule has 25 heavy (non-hydrogen) atoms. The van der Waals surface area contributed by atoms with Gasteiger partial charge in [0.15, 0.2) is 17.7 Å². The Bertz CT molecular complexity index is 817. The normalized spacial score (nSPS) is 15.3. The Labute approximate surface area is 144 Å². The summed E-state index contributed by atoms with van der Waals surface area (Å²) in [5, 5.41) is 0. The second-order valence-corrected chi connectivity index (χ2v) is 5.52. The van der Waals surface area contributed by atoms with Crippen molar-refractivity contribution in [3.63, 3.8) is 0 Å². The van der Waals surface area contributed by atoms with E-state index in [1.165, 1.54) is 14.2 Å². The van der Waals surface area contributed by atoms with E-state index in [2.05, 4.69) is 10.9 Å². The van der Waals surface area contributed by atoms with Crippen LogP contribution in [0.4, 0.5) is 0 Å². The predicted molar refractivity (Wildman–Crippen MR) is 89.5 cm³/mol. The molecule has 2 aromatic carbocycles. The molecule has 0 unspecified atom stereocenters. The van der Waals surface area contributed by atoms with Gasteiger partial charge < -0.3 is 14.2 Å². The lowest BCUT2D eigenvalue weighted by Gasteiger charge is -2.14. The van der Waals surface area contributed by atoms with E-state index in [-0.39, 0.29) is 11.5 Å². The first kappa shape index (κ1) is 16.8. The van der Waals surface area contributed by atoms with Gasteiger partial charge in [-0.05, 0) is 31.2 Å². The topological polar surface area (TPSA) is 85.9 Å². The van der Waals surface area contributed by atoms with Crippen LogP contribution in [-0.2, 0) is 4.74 Å². The highest BCUT2D eigenvalue weighted by Crippen LogP contribution is 2.40. The molecule has 2 N–H and O–H groups in total. The Morgan fingerprint density at radius 2 is 1.80 bits per heavy atom. The third-order valence-electron chi connectivity index (χ3n) is 3.92. The zero-order valence-corrected chi connectivity index (χ0v) is 14.1. The zero-order chi connectivity index (χ0) is 18.0. The first-order chi connectivity index (χ1) is 12.0. The quantitative estimate of drug-likeness (QED) is 0.639. The van der Waals surface area contributed by atoms with Gasteiger partial charge in [-0.3, -0.25) is 10.2 Å². The fraction of sp³-hybridized carbons (Fsp3) is 0.222. The van der Waals surface area contributed by atoms with Crippen LogP contribution in [-0.4, -0.2) is 26.1 Å². The van der Waals surface area contributed by atoms with Crippen LogP contribution in [0.25, 0.3) is 0 Å². The van der Waals surface area contributed by atoms with Gasteiger partial charge in [0.05, 0.1) is 14.2 Å². The smallest absolute Gasteiger partial charge is 0.344 e. The molecule has 1 atom stereocenters. The Morgan fingerprint density at radius 1 is 1.08 bits per heavy atom. The van der Waals surface area contributed by atoms with E-state index in [4.69, 9.17) is 14.2 Å². The van der Waals surface area contributed by atoms with Crippen LogP contribution in [0, 0.1) is 6.92 Å². The lowest BCUT2D eigenvalue weighted by atomic mass is 10.1. The van der Waals surface area contributed by atoms with Crippen molar-refractivity contribution < 1.29 is 23.8 Å². The average molecular weight is 342 g/mol. The van der Waals surface area contributed by atoms with E-state index in [1.54, 1.807) is 24.3 Å². The van der Waals surface area contributed by atoms with Crippen molar-refractivity contribution in [2.75, 3.05) is 14.2 Å². The summed E-state index contributed by atoms with van der Waals surface area (Å²) < 4.78 is 15.7. The number of carbonyl (C=O) groups excluding carboxylic acids is 2. The SMILES string of the molecule is COc1ccc2c(c1OC)C(=O)O[C@@H]2NNC(=O)c1ccc(C)cc1. The van der Waals surface area contributed by atoms with Crippen LogP contribution in [0.15, 0.2) is 36.4 Å². The van der Waals surface area contributed by atoms with E-state index < -0.39 is 12.2 Å². The zero-order valence-electron chi connectivity index (χ0n) is 14.1. The number of fused-ring (bicyclic) bond motifs is 1. The van der Waals surface area contributed by atoms with Gasteiger partial charge in [-0.15, -0.1) is 0 Å². The van der Waals surface area contributed by atoms with Gasteiger partial charge in [0.1, 0.15) is 5.56 Å². The summed E-state index contributed by atoms with van der Waals surface area (Å²) in [7, 11) is 2.94. The monoisotopic (exact) mass is 342 g/mol. The average Bonchev–Trinajstić information content (AvgIpc) is 2.95. The van der Waals surface area contributed by atoms with E-state index >= 15 is 0 Å². The summed E-state index contributed by atoms with van der Waals surface area (Å²) in [5.41, 5.74) is 7.68. The standard InChI is InChI=1S/C18H18N2O5/c1-10-4-6-11(7-5-10)16(21)19-20-17-12-8-9-13(23-2)15(24-3)14(12)18(22)25-17/h4-9,17,20H,1-3H3,(H,19,21)/t17-/m0/s1. The number of cyclic esters (lactones) is 1. The van der Waals surface area contributed by atoms with Crippen LogP contribution in [0.2, 0.25) is 0 Å². The minimum Gasteiger partial charge on any atom is -0.493 e. The number of carbonyl (C=O) groups is 2. The molecule has 1 aliphatic rings. The molecule has 7 nitrogen and oxygen atoms in total. The maximum absolute atomic E-state index is 12.2. The molecule has 0 fully saturated rings. The number of hydrogen-bond acceptors (Lipinski definition) is 6. The van der Waals surface area contributed by atoms with Crippen LogP contribution < -0.4 is 20.3 Å². The number of amides is 1. The van der Waals surface area contributed by atoms with Crippen LogP contribution >= 0.6 is 0 Å². The first-order valence-corrected chi connectivity index (χ1v) is 7.63. The number of nitrogens with one attached hydrogen (secondary N) is 2. The maximum atomic E-state index is 12.2. The summed E-state index contributed by atoms with van der Waals surface area (Å²) in [6, 6.07) is 10.5. The minimum atomic E-state index is -0.809. The molecule has 0 saturated heterocycles. The highest BCUT2D eigenvalue weighted by molar-refractivity contribution is 5.98. The maximum Gasteiger partial charge on any atom is 0.344 e. The number of aryl methyl sites for hydroxylation is 1. The van der Waals surface area contributed by atoms with Gasteiger partial charge in [0.25, 0.3) is 5.91 Å². The van der Waals surface area contributed by atoms with Crippen LogP contribution in [0.1, 0.15) is 38.1 Å². The molecule has 130 valence electrons. The molecular weight excluding hydrogens is 324 g/mol. The summed E-state index contributed by atoms with van der Waals surface area (Å²) in [6.07, 6.45) is -0.809. The van der Waals surface area contributed by atoms with Crippen LogP contribution in [0.5, 0.6) is 11.5 Å². The molecule has 0 aliphatic carbocycles. The molecule has 0 bridgehead atoms. The van der Waals surface area contributed by atoms with Crippen molar-refractivity contribution in [2.24, 2.45) is 0 Å². The van der Waals surface area contributed by atoms with Crippen molar-refractivity contribution in [2.45, 2.75) is 13.2 Å².